The van der Waals surface area contributed by atoms with Gasteiger partial charge in [0.05, 0.1) is 5.56 Å². The maximum atomic E-state index is 12.9. The number of benzene rings is 2. The molecule has 0 radical (unpaired) electrons. The van der Waals surface area contributed by atoms with Crippen molar-refractivity contribution in [3.63, 3.8) is 0 Å². The van der Waals surface area contributed by atoms with Crippen molar-refractivity contribution in [3.05, 3.63) is 65.7 Å². The molecule has 1 aliphatic rings. The van der Waals surface area contributed by atoms with Crippen molar-refractivity contribution in [2.45, 2.75) is 19.3 Å². The lowest BCUT2D eigenvalue weighted by Gasteiger charge is -2.14. The summed E-state index contributed by atoms with van der Waals surface area (Å²) in [6.45, 7) is 1.54. The molecular weight excluding hydrogens is 380 g/mol. The quantitative estimate of drug-likeness (QED) is 0.513. The lowest BCUT2D eigenvalue weighted by Crippen LogP contribution is -2.28. The van der Waals surface area contributed by atoms with Gasteiger partial charge in [0.15, 0.2) is 0 Å². The van der Waals surface area contributed by atoms with E-state index in [0.717, 1.165) is 54.4 Å². The first-order valence-electron chi connectivity index (χ1n) is 9.75. The van der Waals surface area contributed by atoms with Crippen LogP contribution in [0.5, 0.6) is 11.5 Å². The van der Waals surface area contributed by atoms with E-state index in [1.54, 1.807) is 0 Å². The normalized spacial score (nSPS) is 15.8. The summed E-state index contributed by atoms with van der Waals surface area (Å²) in [6.07, 6.45) is 8.12. The molecule has 1 amide bonds. The Bertz CT molecular complexity index is 1020. The summed E-state index contributed by atoms with van der Waals surface area (Å²) in [5.74, 6) is 4.67. The molecule has 0 unspecified atom stereocenters. The lowest BCUT2D eigenvalue weighted by atomic mass is 10.0. The van der Waals surface area contributed by atoms with Gasteiger partial charge in [0, 0.05) is 24.9 Å². The molecule has 146 valence electrons. The van der Waals surface area contributed by atoms with Crippen LogP contribution in [0.4, 0.5) is 0 Å². The Morgan fingerprint density at radius 2 is 2.00 bits per heavy atom. The van der Waals surface area contributed by atoms with Crippen LogP contribution in [0, 0.1) is 18.3 Å². The average Bonchev–Trinajstić information content (AvgIpc) is 3.43. The third kappa shape index (κ3) is 4.49. The largest absolute Gasteiger partial charge is 0.457 e. The summed E-state index contributed by atoms with van der Waals surface area (Å²) < 4.78 is 6.04. The predicted molar refractivity (Wildman–Crippen MR) is 116 cm³/mol. The number of amides is 1. The van der Waals surface area contributed by atoms with Gasteiger partial charge >= 0.3 is 0 Å². The molecule has 0 bridgehead atoms. The van der Waals surface area contributed by atoms with E-state index in [1.807, 2.05) is 64.9 Å². The molecule has 0 spiro atoms. The third-order valence-corrected chi connectivity index (χ3v) is 5.96. The van der Waals surface area contributed by atoms with Gasteiger partial charge in [-0.1, -0.05) is 30.3 Å². The summed E-state index contributed by atoms with van der Waals surface area (Å²) >= 11 is 1.46. The van der Waals surface area contributed by atoms with Gasteiger partial charge in [0.1, 0.15) is 22.2 Å². The van der Waals surface area contributed by atoms with Gasteiger partial charge in [-0.25, -0.2) is 4.98 Å². The van der Waals surface area contributed by atoms with Gasteiger partial charge < -0.3 is 9.64 Å². The molecule has 0 N–H and O–H groups in total. The molecule has 0 aliphatic carbocycles. The summed E-state index contributed by atoms with van der Waals surface area (Å²) in [7, 11) is 0. The van der Waals surface area contributed by atoms with E-state index >= 15 is 0 Å². The molecule has 1 fully saturated rings. The van der Waals surface area contributed by atoms with Gasteiger partial charge in [-0.05, 0) is 43.0 Å². The number of aromatic nitrogens is 1. The molecular formula is C24H22N2O2S. The minimum Gasteiger partial charge on any atom is -0.457 e. The number of rotatable bonds is 6. The van der Waals surface area contributed by atoms with E-state index in [0.29, 0.717) is 11.6 Å². The minimum absolute atomic E-state index is 0.00262. The monoisotopic (exact) mass is 402 g/mol. The van der Waals surface area contributed by atoms with Crippen LogP contribution in [-0.2, 0) is 0 Å². The number of hydrogen-bond donors (Lipinski definition) is 0. The summed E-state index contributed by atoms with van der Waals surface area (Å²) in [4.78, 5) is 19.4. The Hall–Kier alpha value is -3.10. The first-order valence-corrected chi connectivity index (χ1v) is 10.6. The van der Waals surface area contributed by atoms with Crippen LogP contribution in [0.3, 0.4) is 0 Å². The van der Waals surface area contributed by atoms with Gasteiger partial charge in [0.2, 0.25) is 0 Å². The zero-order chi connectivity index (χ0) is 20.1. The molecule has 0 saturated carbocycles. The highest BCUT2D eigenvalue weighted by molar-refractivity contribution is 7.13. The maximum absolute atomic E-state index is 12.9. The Kier molecular flexibility index (Phi) is 5.92. The van der Waals surface area contributed by atoms with Crippen LogP contribution >= 0.6 is 11.3 Å². The van der Waals surface area contributed by atoms with E-state index in [2.05, 4.69) is 10.9 Å². The molecule has 5 heteroatoms. The van der Waals surface area contributed by atoms with Crippen molar-refractivity contribution >= 4 is 17.2 Å². The lowest BCUT2D eigenvalue weighted by molar-refractivity contribution is 0.0782. The van der Waals surface area contributed by atoms with Crippen molar-refractivity contribution in [3.8, 4) is 34.4 Å². The fraction of sp³-hybridized carbons (Fsp3) is 0.250. The second kappa shape index (κ2) is 8.93. The number of hydrogen-bond acceptors (Lipinski definition) is 4. The summed E-state index contributed by atoms with van der Waals surface area (Å²) in [5.41, 5.74) is 1.38. The number of likely N-dealkylation sites (tertiary alicyclic amines) is 1. The smallest absolute Gasteiger partial charge is 0.273 e. The van der Waals surface area contributed by atoms with Gasteiger partial charge in [-0.2, -0.15) is 0 Å². The maximum Gasteiger partial charge on any atom is 0.273 e. The van der Waals surface area contributed by atoms with Crippen molar-refractivity contribution in [1.82, 2.24) is 9.88 Å². The van der Waals surface area contributed by atoms with Gasteiger partial charge in [-0.15, -0.1) is 23.7 Å². The Morgan fingerprint density at radius 1 is 1.21 bits per heavy atom. The van der Waals surface area contributed by atoms with Gasteiger partial charge in [0.25, 0.3) is 5.91 Å². The third-order valence-electron chi connectivity index (χ3n) is 5.08. The fourth-order valence-electron chi connectivity index (χ4n) is 3.55. The molecule has 1 saturated heterocycles. The van der Waals surface area contributed by atoms with Crippen LogP contribution in [0.25, 0.3) is 10.6 Å². The van der Waals surface area contributed by atoms with Crippen molar-refractivity contribution in [1.29, 1.82) is 0 Å². The summed E-state index contributed by atoms with van der Waals surface area (Å²) in [5, 5.41) is 2.62. The number of carbonyl (C=O) groups excluding carboxylic acids is 1. The molecule has 2 aromatic carbocycles. The Morgan fingerprint density at radius 3 is 2.83 bits per heavy atom. The number of thiazole rings is 1. The SMILES string of the molecule is C#CCC[C@H]1CCN(C(=O)c2csc(-c3ccccc3Oc3ccccc3)n2)C1. The highest BCUT2D eigenvalue weighted by Crippen LogP contribution is 2.35. The van der Waals surface area contributed by atoms with E-state index in [1.165, 1.54) is 11.3 Å². The number of ether oxygens (including phenoxy) is 1. The second-order valence-corrected chi connectivity index (χ2v) is 7.96. The molecule has 1 atom stereocenters. The topological polar surface area (TPSA) is 42.4 Å². The van der Waals surface area contributed by atoms with E-state index in [4.69, 9.17) is 11.2 Å². The first kappa shape index (κ1) is 19.2. The fourth-order valence-corrected chi connectivity index (χ4v) is 4.37. The number of nitrogens with zero attached hydrogens (tertiary/aromatic N) is 2. The molecule has 2 heterocycles. The minimum atomic E-state index is -0.00262. The van der Waals surface area contributed by atoms with Crippen LogP contribution in [-0.4, -0.2) is 28.9 Å². The standard InChI is InChI=1S/C24H22N2O2S/c1-2-3-9-18-14-15-26(16-18)24(27)21-17-29-23(25-21)20-12-7-8-13-22(20)28-19-10-5-4-6-11-19/h1,4-8,10-13,17-18H,3,9,14-16H2/t18-/m0/s1. The number of carbonyl (C=O) groups is 1. The van der Waals surface area contributed by atoms with Crippen LogP contribution in [0.1, 0.15) is 29.8 Å². The predicted octanol–water partition coefficient (Wildman–Crippen LogP) is 5.48. The van der Waals surface area contributed by atoms with Crippen LogP contribution < -0.4 is 4.74 Å². The molecule has 29 heavy (non-hydrogen) atoms. The Balaban J connectivity index is 1.50. The van der Waals surface area contributed by atoms with Crippen LogP contribution in [0.2, 0.25) is 0 Å². The van der Waals surface area contributed by atoms with E-state index in [-0.39, 0.29) is 5.91 Å². The van der Waals surface area contributed by atoms with Crippen LogP contribution in [0.15, 0.2) is 60.0 Å². The summed E-state index contributed by atoms with van der Waals surface area (Å²) in [6, 6.07) is 17.4. The molecule has 4 rings (SSSR count). The van der Waals surface area contributed by atoms with E-state index < -0.39 is 0 Å². The zero-order valence-corrected chi connectivity index (χ0v) is 16.9. The van der Waals surface area contributed by atoms with E-state index in [9.17, 15) is 4.79 Å². The number of para-hydroxylation sites is 2. The van der Waals surface area contributed by atoms with Crippen molar-refractivity contribution in [2.24, 2.45) is 5.92 Å². The molecule has 3 aromatic rings. The zero-order valence-electron chi connectivity index (χ0n) is 16.1. The number of terminal acetylenes is 1. The first-order chi connectivity index (χ1) is 14.2. The highest BCUT2D eigenvalue weighted by atomic mass is 32.1. The highest BCUT2D eigenvalue weighted by Gasteiger charge is 2.28. The molecule has 1 aliphatic heterocycles. The van der Waals surface area contributed by atoms with Crippen molar-refractivity contribution < 1.29 is 9.53 Å². The molecule has 1 aromatic heterocycles. The Labute approximate surface area is 175 Å². The van der Waals surface area contributed by atoms with Crippen molar-refractivity contribution in [2.75, 3.05) is 13.1 Å². The second-order valence-electron chi connectivity index (χ2n) is 7.10. The van der Waals surface area contributed by atoms with Gasteiger partial charge in [-0.3, -0.25) is 4.79 Å². The molecule has 4 nitrogen and oxygen atoms in total. The average molecular weight is 403 g/mol.